The third-order valence-electron chi connectivity index (χ3n) is 5.98. The number of oxazole rings is 1. The molecule has 5 rings (SSSR count). The highest BCUT2D eigenvalue weighted by Crippen LogP contribution is 2.47. The van der Waals surface area contributed by atoms with Gasteiger partial charge in [-0.1, -0.05) is 49.4 Å². The smallest absolute Gasteiger partial charge is 0.298 e. The minimum atomic E-state index is -3.52. The monoisotopic (exact) mass is 412 g/mol. The Morgan fingerprint density at radius 1 is 1.00 bits per heavy atom. The van der Waals surface area contributed by atoms with Crippen LogP contribution in [0.1, 0.15) is 18.4 Å². The van der Waals surface area contributed by atoms with Crippen molar-refractivity contribution < 1.29 is 12.8 Å². The number of fused-ring (bicyclic) bond motifs is 1. The van der Waals surface area contributed by atoms with E-state index in [0.29, 0.717) is 38.1 Å². The molecule has 1 N–H and O–H groups in total. The molecule has 2 fully saturated rings. The van der Waals surface area contributed by atoms with Gasteiger partial charge in [0.2, 0.25) is 0 Å². The van der Waals surface area contributed by atoms with Gasteiger partial charge in [0.25, 0.3) is 16.2 Å². The maximum atomic E-state index is 12.9. The normalized spacial score (nSPS) is 25.4. The Bertz CT molecular complexity index is 1070. The zero-order valence-electron chi connectivity index (χ0n) is 16.2. The molecule has 0 bridgehead atoms. The number of aromatic nitrogens is 1. The molecule has 7 nitrogen and oxygen atoms in total. The summed E-state index contributed by atoms with van der Waals surface area (Å²) in [5.74, 6) is 0.542. The second kappa shape index (κ2) is 7.12. The third kappa shape index (κ3) is 3.52. The number of rotatable bonds is 5. The highest BCUT2D eigenvalue weighted by Gasteiger charge is 2.50. The number of hydrogen-bond acceptors (Lipinski definition) is 5. The lowest BCUT2D eigenvalue weighted by molar-refractivity contribution is 0.367. The van der Waals surface area contributed by atoms with E-state index in [-0.39, 0.29) is 12.0 Å². The van der Waals surface area contributed by atoms with E-state index in [0.717, 1.165) is 11.1 Å². The molecule has 0 radical (unpaired) electrons. The molecule has 2 aromatic carbocycles. The number of piperazine rings is 1. The number of nitrogens with zero attached hydrogens (tertiary/aromatic N) is 3. The van der Waals surface area contributed by atoms with Gasteiger partial charge in [0, 0.05) is 38.1 Å². The number of nitrogens with one attached hydrogen (secondary N) is 1. The summed E-state index contributed by atoms with van der Waals surface area (Å²) in [6.45, 7) is 4.01. The Morgan fingerprint density at radius 3 is 2.41 bits per heavy atom. The molecule has 1 saturated carbocycles. The average Bonchev–Trinajstić information content (AvgIpc) is 3.16. The van der Waals surface area contributed by atoms with E-state index in [4.69, 9.17) is 4.42 Å². The fourth-order valence-corrected chi connectivity index (χ4v) is 5.69. The highest BCUT2D eigenvalue weighted by molar-refractivity contribution is 7.87. The predicted molar refractivity (Wildman–Crippen MR) is 112 cm³/mol. The van der Waals surface area contributed by atoms with Crippen molar-refractivity contribution in [3.63, 3.8) is 0 Å². The van der Waals surface area contributed by atoms with Crippen LogP contribution < -0.4 is 9.62 Å². The molecule has 0 unspecified atom stereocenters. The molecule has 0 amide bonds. The summed E-state index contributed by atoms with van der Waals surface area (Å²) in [7, 11) is -3.52. The molecule has 1 aliphatic heterocycles. The van der Waals surface area contributed by atoms with Crippen LogP contribution in [0.2, 0.25) is 0 Å². The van der Waals surface area contributed by atoms with Crippen molar-refractivity contribution in [1.29, 1.82) is 0 Å². The first-order chi connectivity index (χ1) is 14.0. The van der Waals surface area contributed by atoms with E-state index in [1.54, 1.807) is 0 Å². The number of para-hydroxylation sites is 2. The molecule has 1 saturated heterocycles. The molecule has 2 aliphatic rings. The van der Waals surface area contributed by atoms with Gasteiger partial charge in [0.05, 0.1) is 0 Å². The van der Waals surface area contributed by atoms with Crippen LogP contribution in [-0.2, 0) is 10.2 Å². The van der Waals surface area contributed by atoms with Gasteiger partial charge in [-0.25, -0.2) is 0 Å². The zero-order chi connectivity index (χ0) is 20.0. The van der Waals surface area contributed by atoms with Crippen LogP contribution in [0.4, 0.5) is 6.01 Å². The van der Waals surface area contributed by atoms with Crippen molar-refractivity contribution in [1.82, 2.24) is 14.0 Å². The van der Waals surface area contributed by atoms with Crippen LogP contribution in [0.3, 0.4) is 0 Å². The summed E-state index contributed by atoms with van der Waals surface area (Å²) < 4.78 is 36.1. The predicted octanol–water partition coefficient (Wildman–Crippen LogP) is 2.59. The minimum Gasteiger partial charge on any atom is -0.423 e. The average molecular weight is 413 g/mol. The maximum Gasteiger partial charge on any atom is 0.298 e. The van der Waals surface area contributed by atoms with Crippen molar-refractivity contribution >= 4 is 27.3 Å². The standard InChI is InChI=1S/C21H24N4O3S/c1-15-19(16-7-3-2-4-8-16)20(15)23-29(26,27)25-13-11-24(12-14-25)21-22-17-9-5-6-10-18(17)28-21/h2-10,15,19-20,23H,11-14H2,1H3/t15-,19-,20+/m1/s1. The summed E-state index contributed by atoms with van der Waals surface area (Å²) in [4.78, 5) is 6.51. The Labute approximate surface area is 170 Å². The summed E-state index contributed by atoms with van der Waals surface area (Å²) in [5.41, 5.74) is 2.75. The van der Waals surface area contributed by atoms with Gasteiger partial charge < -0.3 is 9.32 Å². The summed E-state index contributed by atoms with van der Waals surface area (Å²) >= 11 is 0. The largest absolute Gasteiger partial charge is 0.423 e. The molecule has 3 aromatic rings. The van der Waals surface area contributed by atoms with Gasteiger partial charge >= 0.3 is 0 Å². The van der Waals surface area contributed by atoms with Crippen LogP contribution in [0.5, 0.6) is 0 Å². The molecule has 2 heterocycles. The molecular formula is C21H24N4O3S. The van der Waals surface area contributed by atoms with E-state index in [1.807, 2.05) is 47.4 Å². The summed E-state index contributed by atoms with van der Waals surface area (Å²) in [6.07, 6.45) is 0. The molecular weight excluding hydrogens is 388 g/mol. The lowest BCUT2D eigenvalue weighted by atomic mass is 10.1. The van der Waals surface area contributed by atoms with Gasteiger partial charge in [-0.3, -0.25) is 0 Å². The van der Waals surface area contributed by atoms with Crippen LogP contribution in [0, 0.1) is 5.92 Å². The Hall–Kier alpha value is -2.42. The molecule has 29 heavy (non-hydrogen) atoms. The van der Waals surface area contributed by atoms with Crippen LogP contribution in [0.15, 0.2) is 59.0 Å². The molecule has 152 valence electrons. The first-order valence-electron chi connectivity index (χ1n) is 9.96. The highest BCUT2D eigenvalue weighted by atomic mass is 32.2. The van der Waals surface area contributed by atoms with Crippen LogP contribution >= 0.6 is 0 Å². The first kappa shape index (κ1) is 18.6. The molecule has 3 atom stereocenters. The second-order valence-corrected chi connectivity index (χ2v) is 9.50. The lowest BCUT2D eigenvalue weighted by Gasteiger charge is -2.33. The molecule has 1 aliphatic carbocycles. The van der Waals surface area contributed by atoms with Crippen LogP contribution in [-0.4, -0.2) is 49.9 Å². The maximum absolute atomic E-state index is 12.9. The molecule has 1 aromatic heterocycles. The Balaban J connectivity index is 1.22. The van der Waals surface area contributed by atoms with Gasteiger partial charge in [-0.2, -0.15) is 22.4 Å². The summed E-state index contributed by atoms with van der Waals surface area (Å²) in [6, 6.07) is 18.2. The zero-order valence-corrected chi connectivity index (χ0v) is 17.0. The quantitative estimate of drug-likeness (QED) is 0.697. The van der Waals surface area contributed by atoms with Gasteiger partial charge in [0.1, 0.15) is 5.52 Å². The number of anilines is 1. The van der Waals surface area contributed by atoms with Gasteiger partial charge in [-0.15, -0.1) is 0 Å². The van der Waals surface area contributed by atoms with E-state index >= 15 is 0 Å². The second-order valence-electron chi connectivity index (χ2n) is 7.79. The van der Waals surface area contributed by atoms with Crippen molar-refractivity contribution in [3.05, 3.63) is 60.2 Å². The van der Waals surface area contributed by atoms with E-state index in [1.165, 1.54) is 9.87 Å². The van der Waals surface area contributed by atoms with Crippen molar-refractivity contribution in [2.24, 2.45) is 5.92 Å². The Kier molecular flexibility index (Phi) is 4.57. The topological polar surface area (TPSA) is 78.7 Å². The number of hydrogen-bond donors (Lipinski definition) is 1. The summed E-state index contributed by atoms with van der Waals surface area (Å²) in [5, 5.41) is 0. The van der Waals surface area contributed by atoms with Gasteiger partial charge in [0.15, 0.2) is 5.58 Å². The molecule has 0 spiro atoms. The van der Waals surface area contributed by atoms with Crippen molar-refractivity contribution in [2.45, 2.75) is 18.9 Å². The van der Waals surface area contributed by atoms with Crippen molar-refractivity contribution in [2.75, 3.05) is 31.1 Å². The third-order valence-corrected chi connectivity index (χ3v) is 7.60. The fourth-order valence-electron chi connectivity index (χ4n) is 4.19. The Morgan fingerprint density at radius 2 is 1.69 bits per heavy atom. The lowest BCUT2D eigenvalue weighted by Crippen LogP contribution is -2.52. The number of benzene rings is 2. The van der Waals surface area contributed by atoms with Gasteiger partial charge in [-0.05, 0) is 23.6 Å². The van der Waals surface area contributed by atoms with E-state index < -0.39 is 10.2 Å². The molecule has 8 heteroatoms. The SMILES string of the molecule is C[C@H]1[C@H](NS(=O)(=O)N2CCN(c3nc4ccccc4o3)CC2)[C@H]1c1ccccc1. The fraction of sp³-hybridized carbons (Fsp3) is 0.381. The van der Waals surface area contributed by atoms with E-state index in [2.05, 4.69) is 28.8 Å². The minimum absolute atomic E-state index is 0.0440. The van der Waals surface area contributed by atoms with E-state index in [9.17, 15) is 8.42 Å². The first-order valence-corrected chi connectivity index (χ1v) is 11.4. The van der Waals surface area contributed by atoms with Crippen molar-refractivity contribution in [3.8, 4) is 0 Å². The van der Waals surface area contributed by atoms with Crippen LogP contribution in [0.25, 0.3) is 11.1 Å².